The number of thiophene rings is 1. The molecule has 1 aliphatic heterocycles. The van der Waals surface area contributed by atoms with Crippen LogP contribution in [0.2, 0.25) is 0 Å². The monoisotopic (exact) mass is 479 g/mol. The van der Waals surface area contributed by atoms with Gasteiger partial charge in [-0.3, -0.25) is 20.4 Å². The van der Waals surface area contributed by atoms with Crippen molar-refractivity contribution >= 4 is 45.2 Å². The largest absolute Gasteiger partial charge is 0.452 e. The van der Waals surface area contributed by atoms with Gasteiger partial charge >= 0.3 is 5.97 Å². The highest BCUT2D eigenvalue weighted by Crippen LogP contribution is 2.18. The molecule has 2 N–H and O–H groups in total. The molecule has 0 saturated carbocycles. The van der Waals surface area contributed by atoms with Crippen molar-refractivity contribution in [3.63, 3.8) is 0 Å². The first kappa shape index (κ1) is 23.6. The molecule has 0 bridgehead atoms. The molecule has 0 spiro atoms. The Bertz CT molecular complexity index is 1070. The molecule has 0 atom stereocenters. The fourth-order valence-electron chi connectivity index (χ4n) is 2.67. The Morgan fingerprint density at radius 2 is 1.81 bits per heavy atom. The average Bonchev–Trinajstić information content (AvgIpc) is 3.36. The fourth-order valence-corrected chi connectivity index (χ4v) is 4.69. The Hall–Kier alpha value is -3.06. The molecule has 1 saturated heterocycles. The molecule has 0 aliphatic carbocycles. The molecule has 12 heteroatoms. The zero-order chi connectivity index (χ0) is 23.0. The van der Waals surface area contributed by atoms with E-state index < -0.39 is 34.4 Å². The van der Waals surface area contributed by atoms with Gasteiger partial charge < -0.3 is 9.47 Å². The van der Waals surface area contributed by atoms with Crippen LogP contribution in [-0.4, -0.2) is 63.4 Å². The molecule has 0 unspecified atom stereocenters. The minimum absolute atomic E-state index is 0.153. The number of morpholine rings is 1. The van der Waals surface area contributed by atoms with Gasteiger partial charge in [-0.25, -0.2) is 13.2 Å². The van der Waals surface area contributed by atoms with E-state index in [2.05, 4.69) is 10.9 Å². The number of esters is 1. The predicted molar refractivity (Wildman–Crippen MR) is 116 cm³/mol. The Kier molecular flexibility index (Phi) is 8.11. The molecule has 2 heterocycles. The fraction of sp³-hybridized carbons (Fsp3) is 0.250. The second-order valence-corrected chi connectivity index (χ2v) is 9.39. The van der Waals surface area contributed by atoms with Crippen LogP contribution in [0.5, 0.6) is 0 Å². The van der Waals surface area contributed by atoms with Crippen LogP contribution in [0.4, 0.5) is 0 Å². The maximum atomic E-state index is 12.6. The Labute approximate surface area is 188 Å². The van der Waals surface area contributed by atoms with Gasteiger partial charge in [0.05, 0.1) is 23.0 Å². The highest BCUT2D eigenvalue weighted by atomic mass is 32.2. The van der Waals surface area contributed by atoms with Crippen molar-refractivity contribution in [2.24, 2.45) is 0 Å². The summed E-state index contributed by atoms with van der Waals surface area (Å²) in [5.41, 5.74) is 4.94. The molecule has 2 amide bonds. The van der Waals surface area contributed by atoms with Gasteiger partial charge in [0.1, 0.15) is 0 Å². The molecular weight excluding hydrogens is 458 g/mol. The number of hydrogen-bond donors (Lipinski definition) is 2. The number of rotatable bonds is 7. The Morgan fingerprint density at radius 1 is 1.09 bits per heavy atom. The van der Waals surface area contributed by atoms with E-state index in [9.17, 15) is 22.8 Å². The lowest BCUT2D eigenvalue weighted by Gasteiger charge is -2.26. The molecule has 10 nitrogen and oxygen atoms in total. The molecule has 1 aromatic carbocycles. The quantitative estimate of drug-likeness (QED) is 0.341. The van der Waals surface area contributed by atoms with Crippen molar-refractivity contribution < 1.29 is 32.3 Å². The third-order valence-electron chi connectivity index (χ3n) is 4.31. The summed E-state index contributed by atoms with van der Waals surface area (Å²) in [4.78, 5) is 35.7. The summed E-state index contributed by atoms with van der Waals surface area (Å²) in [6.45, 7) is 0.759. The van der Waals surface area contributed by atoms with Crippen LogP contribution in [0.3, 0.4) is 0 Å². The lowest BCUT2D eigenvalue weighted by Crippen LogP contribution is -2.43. The van der Waals surface area contributed by atoms with E-state index in [-0.39, 0.29) is 4.90 Å². The van der Waals surface area contributed by atoms with Crippen molar-refractivity contribution in [3.8, 4) is 0 Å². The minimum Gasteiger partial charge on any atom is -0.452 e. The third-order valence-corrected chi connectivity index (χ3v) is 7.09. The van der Waals surface area contributed by atoms with Crippen LogP contribution in [-0.2, 0) is 29.1 Å². The molecule has 1 aliphatic rings. The highest BCUT2D eigenvalue weighted by Gasteiger charge is 2.25. The van der Waals surface area contributed by atoms with Gasteiger partial charge in [0, 0.05) is 19.2 Å². The lowest BCUT2D eigenvalue weighted by molar-refractivity contribution is -0.144. The van der Waals surface area contributed by atoms with Gasteiger partial charge in [-0.1, -0.05) is 18.2 Å². The number of nitrogens with zero attached hydrogens (tertiary/aromatic N) is 1. The minimum atomic E-state index is -3.59. The number of carbonyl (C=O) groups excluding carboxylic acids is 3. The summed E-state index contributed by atoms with van der Waals surface area (Å²) < 4.78 is 36.5. The molecule has 2 aromatic rings. The first-order chi connectivity index (χ1) is 15.4. The summed E-state index contributed by atoms with van der Waals surface area (Å²) in [6.07, 6.45) is 2.55. The standard InChI is InChI=1S/C20H21N3O7S2/c24-18(21-22-20(26)17-2-1-13-31-17)14-30-19(25)8-5-15-3-6-16(7-4-15)32(27,28)23-9-11-29-12-10-23/h1-8,13H,9-12,14H2,(H,21,24)(H,22,26). The van der Waals surface area contributed by atoms with E-state index in [0.717, 1.165) is 6.08 Å². The van der Waals surface area contributed by atoms with Crippen molar-refractivity contribution in [2.75, 3.05) is 32.9 Å². The van der Waals surface area contributed by atoms with E-state index in [1.54, 1.807) is 29.6 Å². The second-order valence-electron chi connectivity index (χ2n) is 6.51. The van der Waals surface area contributed by atoms with Crippen LogP contribution < -0.4 is 10.9 Å². The van der Waals surface area contributed by atoms with Crippen molar-refractivity contribution in [3.05, 3.63) is 58.3 Å². The van der Waals surface area contributed by atoms with Gasteiger partial charge in [-0.15, -0.1) is 11.3 Å². The van der Waals surface area contributed by atoms with Crippen LogP contribution in [0, 0.1) is 0 Å². The number of hydrazine groups is 1. The van der Waals surface area contributed by atoms with E-state index in [4.69, 9.17) is 9.47 Å². The third kappa shape index (κ3) is 6.47. The maximum Gasteiger partial charge on any atom is 0.331 e. The van der Waals surface area contributed by atoms with Gasteiger partial charge in [0.25, 0.3) is 11.8 Å². The van der Waals surface area contributed by atoms with E-state index in [1.807, 2.05) is 0 Å². The SMILES string of the molecule is O=C(COC(=O)C=Cc1ccc(S(=O)(=O)N2CCOCC2)cc1)NNC(=O)c1cccs1. The van der Waals surface area contributed by atoms with E-state index in [0.29, 0.717) is 36.7 Å². The molecule has 0 radical (unpaired) electrons. The van der Waals surface area contributed by atoms with Crippen LogP contribution in [0.25, 0.3) is 6.08 Å². The molecule has 1 fully saturated rings. The van der Waals surface area contributed by atoms with Gasteiger partial charge in [-0.05, 0) is 35.2 Å². The lowest BCUT2D eigenvalue weighted by atomic mass is 10.2. The number of amides is 2. The molecule has 170 valence electrons. The Morgan fingerprint density at radius 3 is 2.47 bits per heavy atom. The van der Waals surface area contributed by atoms with Crippen LogP contribution in [0.1, 0.15) is 15.2 Å². The topological polar surface area (TPSA) is 131 Å². The number of hydrogen-bond acceptors (Lipinski definition) is 8. The zero-order valence-electron chi connectivity index (χ0n) is 16.9. The van der Waals surface area contributed by atoms with Crippen molar-refractivity contribution in [1.82, 2.24) is 15.2 Å². The summed E-state index contributed by atoms with van der Waals surface area (Å²) in [5.74, 6) is -1.94. The summed E-state index contributed by atoms with van der Waals surface area (Å²) in [5, 5.41) is 1.72. The number of sulfonamides is 1. The normalized spacial score (nSPS) is 14.8. The smallest absolute Gasteiger partial charge is 0.331 e. The Balaban J connectivity index is 1.44. The van der Waals surface area contributed by atoms with E-state index in [1.165, 1.54) is 33.9 Å². The van der Waals surface area contributed by atoms with Crippen LogP contribution >= 0.6 is 11.3 Å². The zero-order valence-corrected chi connectivity index (χ0v) is 18.5. The van der Waals surface area contributed by atoms with E-state index >= 15 is 0 Å². The highest BCUT2D eigenvalue weighted by molar-refractivity contribution is 7.89. The molecular formula is C20H21N3O7S2. The first-order valence-corrected chi connectivity index (χ1v) is 11.8. The van der Waals surface area contributed by atoms with Gasteiger partial charge in [0.15, 0.2) is 6.61 Å². The van der Waals surface area contributed by atoms with Crippen molar-refractivity contribution in [1.29, 1.82) is 0 Å². The summed E-state index contributed by atoms with van der Waals surface area (Å²) in [7, 11) is -3.59. The maximum absolute atomic E-state index is 12.6. The van der Waals surface area contributed by atoms with Crippen LogP contribution in [0.15, 0.2) is 52.7 Å². The van der Waals surface area contributed by atoms with Crippen molar-refractivity contribution in [2.45, 2.75) is 4.90 Å². The predicted octanol–water partition coefficient (Wildman–Crippen LogP) is 0.787. The summed E-state index contributed by atoms with van der Waals surface area (Å²) in [6, 6.07) is 9.33. The summed E-state index contributed by atoms with van der Waals surface area (Å²) >= 11 is 1.22. The number of ether oxygens (including phenoxy) is 2. The first-order valence-electron chi connectivity index (χ1n) is 9.52. The number of benzene rings is 1. The van der Waals surface area contributed by atoms with Gasteiger partial charge in [0.2, 0.25) is 10.0 Å². The number of nitrogens with one attached hydrogen (secondary N) is 2. The number of carbonyl (C=O) groups is 3. The molecule has 32 heavy (non-hydrogen) atoms. The molecule has 3 rings (SSSR count). The average molecular weight is 480 g/mol. The van der Waals surface area contributed by atoms with Gasteiger partial charge in [-0.2, -0.15) is 4.31 Å². The second kappa shape index (κ2) is 11.0. The molecule has 1 aromatic heterocycles.